The highest BCUT2D eigenvalue weighted by Crippen LogP contribution is 2.37. The van der Waals surface area contributed by atoms with Gasteiger partial charge in [0.25, 0.3) is 0 Å². The van der Waals surface area contributed by atoms with E-state index in [-0.39, 0.29) is 42.4 Å². The predicted octanol–water partition coefficient (Wildman–Crippen LogP) is 1.26. The zero-order valence-electron chi connectivity index (χ0n) is 13.8. The van der Waals surface area contributed by atoms with Gasteiger partial charge in [-0.1, -0.05) is 12.8 Å². The largest absolute Gasteiger partial charge is 0.426 e. The molecule has 7 nitrogen and oxygen atoms in total. The van der Waals surface area contributed by atoms with Gasteiger partial charge >= 0.3 is 5.97 Å². The summed E-state index contributed by atoms with van der Waals surface area (Å²) in [5, 5.41) is 0. The van der Waals surface area contributed by atoms with Crippen molar-refractivity contribution in [2.75, 3.05) is 6.54 Å². The fourth-order valence-electron chi connectivity index (χ4n) is 3.52. The summed E-state index contributed by atoms with van der Waals surface area (Å²) in [6.07, 6.45) is 3.38. The number of imide groups is 1. The summed E-state index contributed by atoms with van der Waals surface area (Å²) in [4.78, 5) is 48.8. The molecule has 0 spiro atoms. The summed E-state index contributed by atoms with van der Waals surface area (Å²) in [5.41, 5.74) is 5.46. The van der Waals surface area contributed by atoms with Crippen LogP contribution in [0, 0.1) is 11.8 Å². The Morgan fingerprint density at radius 1 is 1.04 bits per heavy atom. The minimum atomic E-state index is -0.564. The lowest BCUT2D eigenvalue weighted by molar-refractivity contribution is -0.141. The number of nitrogens with two attached hydrogens (primary N) is 1. The molecule has 1 saturated heterocycles. The summed E-state index contributed by atoms with van der Waals surface area (Å²) in [6.45, 7) is 0.0445. The Balaban J connectivity index is 1.54. The Labute approximate surface area is 145 Å². The molecule has 0 aromatic heterocycles. The highest BCUT2D eigenvalue weighted by molar-refractivity contribution is 6.05. The molecule has 2 aliphatic rings. The molecule has 0 bridgehead atoms. The summed E-state index contributed by atoms with van der Waals surface area (Å²) >= 11 is 0. The molecule has 7 heteroatoms. The highest BCUT2D eigenvalue weighted by Gasteiger charge is 2.47. The number of fused-ring (bicyclic) bond motifs is 1. The van der Waals surface area contributed by atoms with Crippen LogP contribution in [-0.2, 0) is 14.4 Å². The van der Waals surface area contributed by atoms with Crippen LogP contribution in [0.2, 0.25) is 0 Å². The summed E-state index contributed by atoms with van der Waals surface area (Å²) in [7, 11) is 0. The van der Waals surface area contributed by atoms with Crippen molar-refractivity contribution in [1.82, 2.24) is 4.90 Å². The lowest BCUT2D eigenvalue weighted by atomic mass is 9.81. The van der Waals surface area contributed by atoms with Gasteiger partial charge in [-0.25, -0.2) is 0 Å². The number of likely N-dealkylation sites (tertiary alicyclic amines) is 1. The maximum Gasteiger partial charge on any atom is 0.312 e. The molecular weight excluding hydrogens is 324 g/mol. The third-order valence-electron chi connectivity index (χ3n) is 4.84. The number of primary amides is 1. The Kier molecular flexibility index (Phi) is 4.83. The number of benzene rings is 1. The van der Waals surface area contributed by atoms with Crippen LogP contribution < -0.4 is 10.5 Å². The summed E-state index contributed by atoms with van der Waals surface area (Å²) in [6, 6.07) is 5.86. The number of amides is 3. The van der Waals surface area contributed by atoms with E-state index in [1.54, 1.807) is 0 Å². The van der Waals surface area contributed by atoms with E-state index in [4.69, 9.17) is 10.5 Å². The van der Waals surface area contributed by atoms with Crippen molar-refractivity contribution in [1.29, 1.82) is 0 Å². The highest BCUT2D eigenvalue weighted by atomic mass is 16.5. The maximum atomic E-state index is 12.3. The SMILES string of the molecule is NC(=O)c1ccc(OC(=O)CCN2C(=O)[C@H]3CCCC[C@@H]3C2=O)cc1. The van der Waals surface area contributed by atoms with E-state index >= 15 is 0 Å². The Bertz CT molecular complexity index is 689. The molecule has 2 N–H and O–H groups in total. The number of ether oxygens (including phenoxy) is 1. The van der Waals surface area contributed by atoms with Gasteiger partial charge in [0.05, 0.1) is 18.3 Å². The normalized spacial score (nSPS) is 22.6. The van der Waals surface area contributed by atoms with Gasteiger partial charge in [0.1, 0.15) is 5.75 Å². The van der Waals surface area contributed by atoms with E-state index in [1.807, 2.05) is 0 Å². The number of rotatable bonds is 5. The predicted molar refractivity (Wildman–Crippen MR) is 87.4 cm³/mol. The van der Waals surface area contributed by atoms with Gasteiger partial charge in [-0.05, 0) is 37.1 Å². The van der Waals surface area contributed by atoms with Crippen LogP contribution in [0.15, 0.2) is 24.3 Å². The first-order valence-electron chi connectivity index (χ1n) is 8.43. The standard InChI is InChI=1S/C18H20N2O5/c19-16(22)11-5-7-12(8-6-11)25-15(21)9-10-20-17(23)13-3-1-2-4-14(13)18(20)24/h5-8,13-14H,1-4,9-10H2,(H2,19,22)/t13-,14-/m0/s1. The van der Waals surface area contributed by atoms with Crippen molar-refractivity contribution in [3.63, 3.8) is 0 Å². The van der Waals surface area contributed by atoms with Gasteiger partial charge in [0.15, 0.2) is 0 Å². The number of nitrogens with zero attached hydrogens (tertiary/aromatic N) is 1. The molecule has 3 amide bonds. The molecule has 1 saturated carbocycles. The molecule has 3 rings (SSSR count). The number of carbonyl (C=O) groups excluding carboxylic acids is 4. The van der Waals surface area contributed by atoms with Crippen LogP contribution in [0.25, 0.3) is 0 Å². The molecule has 1 aliphatic carbocycles. The average Bonchev–Trinajstić information content (AvgIpc) is 2.85. The quantitative estimate of drug-likeness (QED) is 0.491. The monoisotopic (exact) mass is 344 g/mol. The van der Waals surface area contributed by atoms with Crippen molar-refractivity contribution < 1.29 is 23.9 Å². The fourth-order valence-corrected chi connectivity index (χ4v) is 3.52. The van der Waals surface area contributed by atoms with E-state index in [2.05, 4.69) is 0 Å². The summed E-state index contributed by atoms with van der Waals surface area (Å²) in [5.74, 6) is -1.56. The van der Waals surface area contributed by atoms with Gasteiger partial charge in [-0.3, -0.25) is 24.1 Å². The van der Waals surface area contributed by atoms with E-state index < -0.39 is 11.9 Å². The van der Waals surface area contributed by atoms with Crippen molar-refractivity contribution >= 4 is 23.7 Å². The minimum Gasteiger partial charge on any atom is -0.426 e. The number of hydrogen-bond donors (Lipinski definition) is 1. The zero-order chi connectivity index (χ0) is 18.0. The van der Waals surface area contributed by atoms with Gasteiger partial charge < -0.3 is 10.5 Å². The minimum absolute atomic E-state index is 0.0445. The topological polar surface area (TPSA) is 107 Å². The first-order chi connectivity index (χ1) is 12.0. The molecule has 132 valence electrons. The Morgan fingerprint density at radius 3 is 2.12 bits per heavy atom. The van der Waals surface area contributed by atoms with Gasteiger partial charge in [0, 0.05) is 12.1 Å². The van der Waals surface area contributed by atoms with Crippen LogP contribution in [0.4, 0.5) is 0 Å². The molecule has 2 fully saturated rings. The van der Waals surface area contributed by atoms with Gasteiger partial charge in [-0.15, -0.1) is 0 Å². The molecule has 1 aromatic rings. The van der Waals surface area contributed by atoms with Gasteiger partial charge in [0.2, 0.25) is 17.7 Å². The number of carbonyl (C=O) groups is 4. The summed E-state index contributed by atoms with van der Waals surface area (Å²) < 4.78 is 5.16. The molecule has 2 atom stereocenters. The van der Waals surface area contributed by atoms with Crippen LogP contribution in [-0.4, -0.2) is 35.1 Å². The van der Waals surface area contributed by atoms with Crippen molar-refractivity contribution in [3.05, 3.63) is 29.8 Å². The number of esters is 1. The lowest BCUT2D eigenvalue weighted by Crippen LogP contribution is -2.33. The maximum absolute atomic E-state index is 12.3. The zero-order valence-corrected chi connectivity index (χ0v) is 13.8. The molecule has 1 aromatic carbocycles. The second kappa shape index (κ2) is 7.04. The van der Waals surface area contributed by atoms with E-state index in [0.717, 1.165) is 25.7 Å². The molecule has 1 heterocycles. The van der Waals surface area contributed by atoms with Crippen LogP contribution in [0.5, 0.6) is 5.75 Å². The number of hydrogen-bond acceptors (Lipinski definition) is 5. The van der Waals surface area contributed by atoms with Crippen molar-refractivity contribution in [2.24, 2.45) is 17.6 Å². The van der Waals surface area contributed by atoms with Crippen molar-refractivity contribution in [2.45, 2.75) is 32.1 Å². The Morgan fingerprint density at radius 2 is 1.60 bits per heavy atom. The molecular formula is C18H20N2O5. The van der Waals surface area contributed by atoms with Crippen LogP contribution >= 0.6 is 0 Å². The molecule has 1 aliphatic heterocycles. The van der Waals surface area contributed by atoms with E-state index in [0.29, 0.717) is 5.56 Å². The first kappa shape index (κ1) is 17.1. The second-order valence-corrected chi connectivity index (χ2v) is 6.44. The average molecular weight is 344 g/mol. The molecule has 0 unspecified atom stereocenters. The first-order valence-corrected chi connectivity index (χ1v) is 8.43. The van der Waals surface area contributed by atoms with E-state index in [9.17, 15) is 19.2 Å². The molecule has 25 heavy (non-hydrogen) atoms. The van der Waals surface area contributed by atoms with E-state index in [1.165, 1.54) is 29.2 Å². The smallest absolute Gasteiger partial charge is 0.312 e. The van der Waals surface area contributed by atoms with Crippen molar-refractivity contribution in [3.8, 4) is 5.75 Å². The second-order valence-electron chi connectivity index (χ2n) is 6.44. The van der Waals surface area contributed by atoms with Gasteiger partial charge in [-0.2, -0.15) is 0 Å². The molecule has 0 radical (unpaired) electrons. The third kappa shape index (κ3) is 3.55. The fraction of sp³-hybridized carbons (Fsp3) is 0.444. The third-order valence-corrected chi connectivity index (χ3v) is 4.84. The van der Waals surface area contributed by atoms with Crippen LogP contribution in [0.3, 0.4) is 0 Å². The van der Waals surface area contributed by atoms with Crippen LogP contribution in [0.1, 0.15) is 42.5 Å². The Hall–Kier alpha value is -2.70. The lowest BCUT2D eigenvalue weighted by Gasteiger charge is -2.19.